The normalized spacial score (nSPS) is 13.0. The summed E-state index contributed by atoms with van der Waals surface area (Å²) in [5, 5.41) is 0.667. The van der Waals surface area contributed by atoms with E-state index in [0.29, 0.717) is 5.39 Å². The van der Waals surface area contributed by atoms with Gasteiger partial charge in [-0.15, -0.1) is 0 Å². The molecule has 0 aliphatic rings. The van der Waals surface area contributed by atoms with Crippen molar-refractivity contribution in [2.45, 2.75) is 51.0 Å². The SMILES string of the molecule is CC(C)c1ccc(S(=O)(=O)NC(C)(C)C)c2cccnc12. The van der Waals surface area contributed by atoms with E-state index >= 15 is 0 Å². The lowest BCUT2D eigenvalue weighted by Crippen LogP contribution is -2.40. The summed E-state index contributed by atoms with van der Waals surface area (Å²) in [5.41, 5.74) is 1.29. The summed E-state index contributed by atoms with van der Waals surface area (Å²) >= 11 is 0. The highest BCUT2D eigenvalue weighted by Crippen LogP contribution is 2.29. The fourth-order valence-electron chi connectivity index (χ4n) is 2.33. The Bertz CT molecular complexity index is 759. The first-order valence-corrected chi connectivity index (χ1v) is 8.52. The number of nitrogens with one attached hydrogen (secondary N) is 1. The van der Waals surface area contributed by atoms with Gasteiger partial charge in [0.05, 0.1) is 10.4 Å². The summed E-state index contributed by atoms with van der Waals surface area (Å²) in [6, 6.07) is 7.11. The summed E-state index contributed by atoms with van der Waals surface area (Å²) < 4.78 is 27.9. The lowest BCUT2D eigenvalue weighted by molar-refractivity contribution is 0.492. The number of benzene rings is 1. The first kappa shape index (κ1) is 15.9. The van der Waals surface area contributed by atoms with E-state index in [2.05, 4.69) is 23.6 Å². The van der Waals surface area contributed by atoms with Gasteiger partial charge in [-0.2, -0.15) is 0 Å². The van der Waals surface area contributed by atoms with Crippen LogP contribution in [0.15, 0.2) is 35.4 Å². The van der Waals surface area contributed by atoms with Crippen LogP contribution in [0.25, 0.3) is 10.9 Å². The van der Waals surface area contributed by atoms with Gasteiger partial charge < -0.3 is 0 Å². The van der Waals surface area contributed by atoms with E-state index in [0.717, 1.165) is 11.1 Å². The molecule has 1 aromatic heterocycles. The van der Waals surface area contributed by atoms with Crippen molar-refractivity contribution in [1.82, 2.24) is 9.71 Å². The highest BCUT2D eigenvalue weighted by Gasteiger charge is 2.24. The van der Waals surface area contributed by atoms with E-state index in [1.165, 1.54) is 0 Å². The molecule has 0 aliphatic carbocycles. The quantitative estimate of drug-likeness (QED) is 0.945. The van der Waals surface area contributed by atoms with Crippen molar-refractivity contribution in [3.8, 4) is 0 Å². The standard InChI is InChI=1S/C16H22N2O2S/c1-11(2)12-8-9-14(13-7-6-10-17-15(12)13)21(19,20)18-16(3,4)5/h6-11,18H,1-5H3. The number of sulfonamides is 1. The van der Waals surface area contributed by atoms with Gasteiger partial charge in [0, 0.05) is 17.1 Å². The summed E-state index contributed by atoms with van der Waals surface area (Å²) in [6.45, 7) is 9.63. The molecule has 1 heterocycles. The van der Waals surface area contributed by atoms with Crippen LogP contribution >= 0.6 is 0 Å². The Morgan fingerprint density at radius 1 is 1.14 bits per heavy atom. The van der Waals surface area contributed by atoms with Crippen LogP contribution in [0.1, 0.15) is 46.1 Å². The molecule has 0 saturated carbocycles. The Morgan fingerprint density at radius 3 is 2.38 bits per heavy atom. The zero-order valence-electron chi connectivity index (χ0n) is 13.1. The van der Waals surface area contributed by atoms with Crippen LogP contribution in [0.3, 0.4) is 0 Å². The molecule has 0 atom stereocenters. The Morgan fingerprint density at radius 2 is 1.81 bits per heavy atom. The highest BCUT2D eigenvalue weighted by atomic mass is 32.2. The zero-order chi connectivity index (χ0) is 15.8. The monoisotopic (exact) mass is 306 g/mol. The van der Waals surface area contributed by atoms with Crippen molar-refractivity contribution < 1.29 is 8.42 Å². The summed E-state index contributed by atoms with van der Waals surface area (Å²) in [7, 11) is -3.58. The number of rotatable bonds is 3. The first-order chi connectivity index (χ1) is 9.62. The van der Waals surface area contributed by atoms with E-state index in [-0.39, 0.29) is 10.8 Å². The third-order valence-corrected chi connectivity index (χ3v) is 4.93. The Labute approximate surface area is 126 Å². The predicted molar refractivity (Wildman–Crippen MR) is 85.9 cm³/mol. The van der Waals surface area contributed by atoms with Crippen LogP contribution in [0.4, 0.5) is 0 Å². The predicted octanol–water partition coefficient (Wildman–Crippen LogP) is 3.44. The maximum atomic E-state index is 12.6. The van der Waals surface area contributed by atoms with E-state index in [1.54, 1.807) is 18.3 Å². The van der Waals surface area contributed by atoms with E-state index in [9.17, 15) is 8.42 Å². The molecule has 21 heavy (non-hydrogen) atoms. The lowest BCUT2D eigenvalue weighted by Gasteiger charge is -2.21. The minimum absolute atomic E-state index is 0.282. The molecule has 0 aliphatic heterocycles. The van der Waals surface area contributed by atoms with Crippen LogP contribution in [-0.4, -0.2) is 18.9 Å². The zero-order valence-corrected chi connectivity index (χ0v) is 14.0. The number of hydrogen-bond acceptors (Lipinski definition) is 3. The van der Waals surface area contributed by atoms with Crippen molar-refractivity contribution in [1.29, 1.82) is 0 Å². The van der Waals surface area contributed by atoms with Gasteiger partial charge in [0.25, 0.3) is 0 Å². The van der Waals surface area contributed by atoms with Crippen molar-refractivity contribution in [3.05, 3.63) is 36.0 Å². The molecule has 4 nitrogen and oxygen atoms in total. The van der Waals surface area contributed by atoms with Crippen LogP contribution < -0.4 is 4.72 Å². The number of hydrogen-bond donors (Lipinski definition) is 1. The van der Waals surface area contributed by atoms with Crippen LogP contribution in [-0.2, 0) is 10.0 Å². The summed E-state index contributed by atoms with van der Waals surface area (Å²) in [5.74, 6) is 0.287. The molecule has 1 aromatic carbocycles. The maximum Gasteiger partial charge on any atom is 0.241 e. The third kappa shape index (κ3) is 3.41. The summed E-state index contributed by atoms with van der Waals surface area (Å²) in [6.07, 6.45) is 1.70. The molecule has 2 aromatic rings. The van der Waals surface area contributed by atoms with Crippen molar-refractivity contribution in [2.24, 2.45) is 0 Å². The van der Waals surface area contributed by atoms with Gasteiger partial charge in [0.2, 0.25) is 10.0 Å². The molecule has 1 N–H and O–H groups in total. The molecular formula is C16H22N2O2S. The van der Waals surface area contributed by atoms with Crippen molar-refractivity contribution in [3.63, 3.8) is 0 Å². The molecule has 0 amide bonds. The molecular weight excluding hydrogens is 284 g/mol. The second-order valence-electron chi connectivity index (χ2n) is 6.56. The van der Waals surface area contributed by atoms with Gasteiger partial charge in [-0.25, -0.2) is 13.1 Å². The molecule has 2 rings (SSSR count). The molecule has 114 valence electrons. The fraction of sp³-hybridized carbons (Fsp3) is 0.438. The lowest BCUT2D eigenvalue weighted by atomic mass is 10.00. The topological polar surface area (TPSA) is 59.1 Å². The van der Waals surface area contributed by atoms with Gasteiger partial charge in [-0.05, 0) is 50.5 Å². The van der Waals surface area contributed by atoms with Gasteiger partial charge >= 0.3 is 0 Å². The maximum absolute atomic E-state index is 12.6. The average molecular weight is 306 g/mol. The van der Waals surface area contributed by atoms with E-state index in [1.807, 2.05) is 32.9 Å². The van der Waals surface area contributed by atoms with Crippen LogP contribution in [0, 0.1) is 0 Å². The van der Waals surface area contributed by atoms with E-state index < -0.39 is 15.6 Å². The second kappa shape index (κ2) is 5.39. The number of nitrogens with zero attached hydrogens (tertiary/aromatic N) is 1. The molecule has 0 saturated heterocycles. The van der Waals surface area contributed by atoms with Crippen LogP contribution in [0.5, 0.6) is 0 Å². The first-order valence-electron chi connectivity index (χ1n) is 7.03. The number of fused-ring (bicyclic) bond motifs is 1. The van der Waals surface area contributed by atoms with E-state index in [4.69, 9.17) is 0 Å². The minimum atomic E-state index is -3.58. The van der Waals surface area contributed by atoms with Gasteiger partial charge in [0.1, 0.15) is 0 Å². The minimum Gasteiger partial charge on any atom is -0.256 e. The van der Waals surface area contributed by atoms with Crippen LogP contribution in [0.2, 0.25) is 0 Å². The smallest absolute Gasteiger partial charge is 0.241 e. The molecule has 0 bridgehead atoms. The third-order valence-electron chi connectivity index (χ3n) is 3.11. The molecule has 0 fully saturated rings. The Balaban J connectivity index is 2.70. The number of aromatic nitrogens is 1. The van der Waals surface area contributed by atoms with Crippen molar-refractivity contribution >= 4 is 20.9 Å². The summed E-state index contributed by atoms with van der Waals surface area (Å²) in [4.78, 5) is 4.66. The largest absolute Gasteiger partial charge is 0.256 e. The highest BCUT2D eigenvalue weighted by molar-refractivity contribution is 7.89. The Hall–Kier alpha value is -1.46. The molecule has 0 unspecified atom stereocenters. The average Bonchev–Trinajstić information content (AvgIpc) is 2.34. The van der Waals surface area contributed by atoms with Gasteiger partial charge in [0.15, 0.2) is 0 Å². The van der Waals surface area contributed by atoms with Crippen molar-refractivity contribution in [2.75, 3.05) is 0 Å². The molecule has 0 radical (unpaired) electrons. The van der Waals surface area contributed by atoms with Gasteiger partial charge in [-0.3, -0.25) is 4.98 Å². The van der Waals surface area contributed by atoms with Gasteiger partial charge in [-0.1, -0.05) is 19.9 Å². The Kier molecular flexibility index (Phi) is 4.08. The second-order valence-corrected chi connectivity index (χ2v) is 8.21. The number of pyridine rings is 1. The molecule has 0 spiro atoms. The molecule has 5 heteroatoms. The fourth-order valence-corrected chi connectivity index (χ4v) is 3.94.